The molecule has 29 heavy (non-hydrogen) atoms. The number of hydrogen-bond donors (Lipinski definition) is 2. The van der Waals surface area contributed by atoms with Crippen LogP contribution in [0.25, 0.3) is 0 Å². The number of ether oxygens (including phenoxy) is 4. The lowest BCUT2D eigenvalue weighted by molar-refractivity contribution is -0.295. The van der Waals surface area contributed by atoms with Gasteiger partial charge in [-0.3, -0.25) is 0 Å². The molecule has 0 amide bonds. The lowest BCUT2D eigenvalue weighted by Gasteiger charge is -2.42. The predicted octanol–water partition coefficient (Wildman–Crippen LogP) is 4.00. The van der Waals surface area contributed by atoms with E-state index < -0.39 is 30.7 Å². The van der Waals surface area contributed by atoms with Gasteiger partial charge >= 0.3 is 0 Å². The van der Waals surface area contributed by atoms with Gasteiger partial charge in [0.05, 0.1) is 19.1 Å². The van der Waals surface area contributed by atoms with Gasteiger partial charge in [0.1, 0.15) is 12.2 Å². The van der Waals surface area contributed by atoms with Crippen LogP contribution >= 0.6 is 0 Å². The Morgan fingerprint density at radius 2 is 1.41 bits per heavy atom. The molecule has 0 bridgehead atoms. The molecule has 0 aromatic carbocycles. The Morgan fingerprint density at radius 3 is 1.90 bits per heavy atom. The Hall–Kier alpha value is -1.60. The Balaban J connectivity index is 2.74. The number of methoxy groups -OCH3 is 1. The molecule has 6 heteroatoms. The average molecular weight is 411 g/mol. The molecule has 1 aliphatic heterocycles. The van der Waals surface area contributed by atoms with Gasteiger partial charge in [-0.15, -0.1) is 0 Å². The Kier molecular flexibility index (Phi) is 14.2. The van der Waals surface area contributed by atoms with Crippen molar-refractivity contribution in [3.8, 4) is 0 Å². The van der Waals surface area contributed by atoms with Crippen molar-refractivity contribution in [1.29, 1.82) is 0 Å². The van der Waals surface area contributed by atoms with Gasteiger partial charge in [0.15, 0.2) is 18.5 Å². The van der Waals surface area contributed by atoms with Crippen LogP contribution in [0, 0.1) is 0 Å². The number of allylic oxidation sites excluding steroid dienone is 6. The number of hydrogen-bond acceptors (Lipinski definition) is 6. The zero-order valence-electron chi connectivity index (χ0n) is 18.0. The van der Waals surface area contributed by atoms with Crippen LogP contribution in [0.2, 0.25) is 0 Å². The molecule has 0 spiro atoms. The Bertz CT molecular complexity index is 513. The molecule has 1 aliphatic rings. The van der Waals surface area contributed by atoms with Crippen molar-refractivity contribution in [3.05, 3.63) is 49.0 Å². The van der Waals surface area contributed by atoms with Gasteiger partial charge in [0.2, 0.25) is 0 Å². The maximum Gasteiger partial charge on any atom is 0.198 e. The maximum atomic E-state index is 10.5. The first-order valence-electron chi connectivity index (χ1n) is 10.6. The standard InChI is InChI=1S/C23H38O6/c1-4-6-8-10-12-14-16-27-21-20(25)19(18-24)29-23(26-3)22(21)28-17-15-13-11-9-7-5-2/h10-17,19-25H,4-9,18H2,1-3H3/t19-,20-,21+,22-,23?/m1/s1. The monoisotopic (exact) mass is 410 g/mol. The zero-order valence-corrected chi connectivity index (χ0v) is 18.0. The highest BCUT2D eigenvalue weighted by Crippen LogP contribution is 2.27. The average Bonchev–Trinajstić information content (AvgIpc) is 2.74. The van der Waals surface area contributed by atoms with Crippen molar-refractivity contribution in [3.63, 3.8) is 0 Å². The van der Waals surface area contributed by atoms with Gasteiger partial charge < -0.3 is 29.2 Å². The molecule has 0 aromatic heterocycles. The molecule has 5 atom stereocenters. The molecule has 1 unspecified atom stereocenters. The first-order valence-corrected chi connectivity index (χ1v) is 10.6. The van der Waals surface area contributed by atoms with Crippen LogP contribution in [-0.4, -0.2) is 54.6 Å². The minimum atomic E-state index is -1.06. The van der Waals surface area contributed by atoms with Crippen LogP contribution < -0.4 is 0 Å². The van der Waals surface area contributed by atoms with Crippen LogP contribution in [0.3, 0.4) is 0 Å². The summed E-state index contributed by atoms with van der Waals surface area (Å²) in [7, 11) is 1.49. The molecule has 0 saturated carbocycles. The van der Waals surface area contributed by atoms with Crippen molar-refractivity contribution >= 4 is 0 Å². The summed E-state index contributed by atoms with van der Waals surface area (Å²) in [5.41, 5.74) is 0. The highest BCUT2D eigenvalue weighted by atomic mass is 16.7. The SMILES string of the molecule is CCCCC=CC=CO[C@H]1[C@H](O)[C@@H](CO)OC(OC)[C@@H]1OC=CC=CCCCC. The van der Waals surface area contributed by atoms with Crippen molar-refractivity contribution in [2.75, 3.05) is 13.7 Å². The van der Waals surface area contributed by atoms with Crippen LogP contribution in [0.15, 0.2) is 49.0 Å². The van der Waals surface area contributed by atoms with Gasteiger partial charge in [-0.1, -0.05) is 63.8 Å². The van der Waals surface area contributed by atoms with Crippen molar-refractivity contribution < 1.29 is 29.2 Å². The summed E-state index contributed by atoms with van der Waals surface area (Å²) in [5, 5.41) is 20.0. The lowest BCUT2D eigenvalue weighted by atomic mass is 9.99. The molecule has 0 radical (unpaired) electrons. The molecular formula is C23H38O6. The van der Waals surface area contributed by atoms with Gasteiger partial charge in [-0.25, -0.2) is 0 Å². The molecule has 1 rings (SSSR count). The van der Waals surface area contributed by atoms with Crippen molar-refractivity contribution in [1.82, 2.24) is 0 Å². The summed E-state index contributed by atoms with van der Waals surface area (Å²) in [6, 6.07) is 0. The summed E-state index contributed by atoms with van der Waals surface area (Å²) < 4.78 is 22.5. The number of rotatable bonds is 14. The van der Waals surface area contributed by atoms with Gasteiger partial charge in [0.25, 0.3) is 0 Å². The summed E-state index contributed by atoms with van der Waals surface area (Å²) in [6.07, 6.45) is 17.2. The molecule has 166 valence electrons. The van der Waals surface area contributed by atoms with E-state index in [1.54, 1.807) is 18.4 Å². The van der Waals surface area contributed by atoms with E-state index in [0.29, 0.717) is 0 Å². The fraction of sp³-hybridized carbons (Fsp3) is 0.652. The Morgan fingerprint density at radius 1 is 0.862 bits per heavy atom. The van der Waals surface area contributed by atoms with Gasteiger partial charge in [-0.05, 0) is 25.0 Å². The second-order valence-corrected chi connectivity index (χ2v) is 6.95. The molecular weight excluding hydrogens is 372 g/mol. The topological polar surface area (TPSA) is 77.4 Å². The molecule has 0 aliphatic carbocycles. The highest BCUT2D eigenvalue weighted by Gasteiger charge is 2.47. The first kappa shape index (κ1) is 25.4. The molecule has 1 heterocycles. The summed E-state index contributed by atoms with van der Waals surface area (Å²) >= 11 is 0. The van der Waals surface area contributed by atoms with E-state index in [0.717, 1.165) is 38.5 Å². The predicted molar refractivity (Wildman–Crippen MR) is 114 cm³/mol. The van der Waals surface area contributed by atoms with Crippen molar-refractivity contribution in [2.24, 2.45) is 0 Å². The van der Waals surface area contributed by atoms with Crippen LogP contribution in [-0.2, 0) is 18.9 Å². The molecule has 6 nitrogen and oxygen atoms in total. The van der Waals surface area contributed by atoms with Gasteiger partial charge in [0, 0.05) is 7.11 Å². The number of aliphatic hydroxyl groups excluding tert-OH is 2. The fourth-order valence-corrected chi connectivity index (χ4v) is 2.89. The fourth-order valence-electron chi connectivity index (χ4n) is 2.89. The number of aliphatic hydroxyl groups is 2. The first-order chi connectivity index (χ1) is 14.2. The van der Waals surface area contributed by atoms with Crippen molar-refractivity contribution in [2.45, 2.75) is 83.1 Å². The third-order valence-electron chi connectivity index (χ3n) is 4.60. The molecule has 1 fully saturated rings. The molecule has 2 N–H and O–H groups in total. The number of unbranched alkanes of at least 4 members (excludes halogenated alkanes) is 4. The van der Waals surface area contributed by atoms with E-state index >= 15 is 0 Å². The minimum Gasteiger partial charge on any atom is -0.491 e. The van der Waals surface area contributed by atoms with Crippen LogP contribution in [0.4, 0.5) is 0 Å². The Labute approximate surface area is 175 Å². The van der Waals surface area contributed by atoms with Gasteiger partial charge in [-0.2, -0.15) is 0 Å². The van der Waals surface area contributed by atoms with E-state index in [2.05, 4.69) is 26.0 Å². The van der Waals surface area contributed by atoms with E-state index in [1.807, 2.05) is 12.2 Å². The summed E-state index contributed by atoms with van der Waals surface area (Å²) in [5.74, 6) is 0. The normalized spacial score (nSPS) is 28.2. The zero-order chi connectivity index (χ0) is 21.3. The highest BCUT2D eigenvalue weighted by molar-refractivity contribution is 5.02. The quantitative estimate of drug-likeness (QED) is 0.256. The molecule has 0 aromatic rings. The summed E-state index contributed by atoms with van der Waals surface area (Å²) in [6.45, 7) is 3.96. The van der Waals surface area contributed by atoms with E-state index in [9.17, 15) is 10.2 Å². The minimum absolute atomic E-state index is 0.343. The lowest BCUT2D eigenvalue weighted by Crippen LogP contribution is -2.60. The smallest absolute Gasteiger partial charge is 0.198 e. The second kappa shape index (κ2) is 16.2. The van der Waals surface area contributed by atoms with Crippen LogP contribution in [0.5, 0.6) is 0 Å². The van der Waals surface area contributed by atoms with E-state index in [1.165, 1.54) is 13.4 Å². The molecule has 1 saturated heterocycles. The maximum absolute atomic E-state index is 10.5. The van der Waals surface area contributed by atoms with Crippen LogP contribution in [0.1, 0.15) is 52.4 Å². The third-order valence-corrected chi connectivity index (χ3v) is 4.60. The third kappa shape index (κ3) is 9.63. The second-order valence-electron chi connectivity index (χ2n) is 6.95. The summed E-state index contributed by atoms with van der Waals surface area (Å²) in [4.78, 5) is 0. The largest absolute Gasteiger partial charge is 0.491 e. The van der Waals surface area contributed by atoms with E-state index in [4.69, 9.17) is 18.9 Å². The van der Waals surface area contributed by atoms with E-state index in [-0.39, 0.29) is 6.61 Å².